The van der Waals surface area contributed by atoms with Crippen molar-refractivity contribution in [3.63, 3.8) is 0 Å². The highest BCUT2D eigenvalue weighted by Gasteiger charge is 2.91. The highest BCUT2D eigenvalue weighted by molar-refractivity contribution is 6.35. The van der Waals surface area contributed by atoms with E-state index in [1.165, 1.54) is 0 Å². The summed E-state index contributed by atoms with van der Waals surface area (Å²) in [5.74, 6) is -0.592. The molecule has 0 aromatic carbocycles. The summed E-state index contributed by atoms with van der Waals surface area (Å²) in [6.07, 6.45) is 2.81. The van der Waals surface area contributed by atoms with Crippen molar-refractivity contribution < 1.29 is 14.3 Å². The van der Waals surface area contributed by atoms with Gasteiger partial charge in [0.2, 0.25) is 0 Å². The molecule has 1 aliphatic heterocycles. The van der Waals surface area contributed by atoms with Gasteiger partial charge in [-0.05, 0) is 27.2 Å². The Kier molecular flexibility index (Phi) is 2.64. The summed E-state index contributed by atoms with van der Waals surface area (Å²) in [4.78, 5) is 13.6. The van der Waals surface area contributed by atoms with Gasteiger partial charge in [-0.3, -0.25) is 4.79 Å². The summed E-state index contributed by atoms with van der Waals surface area (Å²) in [6, 6.07) is 0. The fourth-order valence-corrected chi connectivity index (χ4v) is 6.98. The van der Waals surface area contributed by atoms with Crippen LogP contribution in [0, 0.1) is 16.2 Å². The quantitative estimate of drug-likeness (QED) is 0.496. The number of rotatable bonds is 0. The zero-order chi connectivity index (χ0) is 16.3. The fraction of sp³-hybridized carbons (Fsp3) is 0.824. The van der Waals surface area contributed by atoms with Crippen LogP contribution in [0.1, 0.15) is 41.0 Å². The number of halogens is 2. The van der Waals surface area contributed by atoms with Crippen LogP contribution in [0.15, 0.2) is 11.6 Å². The summed E-state index contributed by atoms with van der Waals surface area (Å²) in [7, 11) is 0. The summed E-state index contributed by atoms with van der Waals surface area (Å²) in [5, 5.41) is -0.665. The number of fused-ring (bicyclic) bond motifs is 1. The standard InChI is InChI=1S/C17H22Cl2O3/c1-9-6-7-17-15(5)11(19)10(18)14(15,4)12(20)16(9,17)8-21-13(2,3)22-17/h6,10-11H,7-8H2,1-5H3/t10?,11?,14-,15-,16-,17-/m0/s1. The van der Waals surface area contributed by atoms with Crippen molar-refractivity contribution in [1.82, 2.24) is 0 Å². The van der Waals surface area contributed by atoms with Crippen LogP contribution in [0.4, 0.5) is 0 Å². The molecule has 2 unspecified atom stereocenters. The van der Waals surface area contributed by atoms with Crippen LogP contribution < -0.4 is 0 Å². The molecule has 3 fully saturated rings. The van der Waals surface area contributed by atoms with Gasteiger partial charge in [-0.15, -0.1) is 23.2 Å². The van der Waals surface area contributed by atoms with Crippen molar-refractivity contribution in [3.8, 4) is 0 Å². The topological polar surface area (TPSA) is 35.5 Å². The van der Waals surface area contributed by atoms with E-state index < -0.39 is 27.6 Å². The predicted octanol–water partition coefficient (Wildman–Crippen LogP) is 3.67. The van der Waals surface area contributed by atoms with Gasteiger partial charge in [0.25, 0.3) is 0 Å². The second-order valence-corrected chi connectivity index (χ2v) is 9.09. The molecule has 0 aromatic rings. The van der Waals surface area contributed by atoms with Crippen molar-refractivity contribution in [2.45, 2.75) is 63.2 Å². The van der Waals surface area contributed by atoms with Gasteiger partial charge in [0.15, 0.2) is 11.6 Å². The number of hydrogen-bond donors (Lipinski definition) is 0. The first-order valence-electron chi connectivity index (χ1n) is 7.86. The molecule has 2 saturated carbocycles. The molecule has 0 amide bonds. The molecule has 22 heavy (non-hydrogen) atoms. The lowest BCUT2D eigenvalue weighted by molar-refractivity contribution is -0.365. The van der Waals surface area contributed by atoms with E-state index in [2.05, 4.69) is 13.0 Å². The molecule has 0 aromatic heterocycles. The van der Waals surface area contributed by atoms with E-state index in [-0.39, 0.29) is 16.5 Å². The maximum absolute atomic E-state index is 13.6. The number of ether oxygens (including phenoxy) is 2. The lowest BCUT2D eigenvalue weighted by atomic mass is 9.47. The molecular formula is C17H22Cl2O3. The molecule has 4 aliphatic rings. The molecule has 0 N–H and O–H groups in total. The molecule has 0 spiro atoms. The van der Waals surface area contributed by atoms with Gasteiger partial charge in [-0.25, -0.2) is 0 Å². The minimum atomic E-state index is -0.747. The Hall–Kier alpha value is -0.0900. The molecule has 6 atom stereocenters. The van der Waals surface area contributed by atoms with Crippen molar-refractivity contribution in [2.75, 3.05) is 6.61 Å². The molecular weight excluding hydrogens is 323 g/mol. The Morgan fingerprint density at radius 2 is 1.82 bits per heavy atom. The van der Waals surface area contributed by atoms with Crippen LogP contribution in [-0.4, -0.2) is 34.5 Å². The van der Waals surface area contributed by atoms with Gasteiger partial charge in [-0.1, -0.05) is 25.5 Å². The second kappa shape index (κ2) is 3.77. The smallest absolute Gasteiger partial charge is 0.163 e. The van der Waals surface area contributed by atoms with Crippen LogP contribution in [0.3, 0.4) is 0 Å². The molecule has 122 valence electrons. The Morgan fingerprint density at radius 1 is 1.18 bits per heavy atom. The molecule has 5 heteroatoms. The first-order valence-corrected chi connectivity index (χ1v) is 8.73. The SMILES string of the molecule is CC1=CC[C@@]23OC(C)(C)OC[C@@]12C(=O)[C@]1(C)C(Cl)C(Cl)[C@]31C. The molecule has 3 aliphatic carbocycles. The van der Waals surface area contributed by atoms with Crippen LogP contribution >= 0.6 is 23.2 Å². The summed E-state index contributed by atoms with van der Waals surface area (Å²) < 4.78 is 12.5. The van der Waals surface area contributed by atoms with Crippen LogP contribution in [0.25, 0.3) is 0 Å². The molecule has 1 saturated heterocycles. The number of ketones is 1. The second-order valence-electron chi connectivity index (χ2n) is 8.15. The van der Waals surface area contributed by atoms with E-state index in [9.17, 15) is 4.79 Å². The Labute approximate surface area is 141 Å². The van der Waals surface area contributed by atoms with Crippen molar-refractivity contribution in [1.29, 1.82) is 0 Å². The normalized spacial score (nSPS) is 58.5. The number of alkyl halides is 2. The van der Waals surface area contributed by atoms with Gasteiger partial charge in [0, 0.05) is 5.41 Å². The van der Waals surface area contributed by atoms with Crippen molar-refractivity contribution in [2.24, 2.45) is 16.2 Å². The van der Waals surface area contributed by atoms with E-state index >= 15 is 0 Å². The number of Topliss-reactive ketones (excluding diaryl/α,β-unsaturated/α-hetero) is 1. The first kappa shape index (κ1) is 15.4. The lowest BCUT2D eigenvalue weighted by Gasteiger charge is -2.65. The maximum Gasteiger partial charge on any atom is 0.163 e. The summed E-state index contributed by atoms with van der Waals surface area (Å²) in [6.45, 7) is 10.2. The predicted molar refractivity (Wildman–Crippen MR) is 85.2 cm³/mol. The van der Waals surface area contributed by atoms with Gasteiger partial charge in [-0.2, -0.15) is 0 Å². The van der Waals surface area contributed by atoms with Crippen LogP contribution in [-0.2, 0) is 14.3 Å². The average molecular weight is 345 g/mol. The number of carbonyl (C=O) groups is 1. The zero-order valence-electron chi connectivity index (χ0n) is 13.6. The third-order valence-electron chi connectivity index (χ3n) is 7.25. The van der Waals surface area contributed by atoms with E-state index in [0.717, 1.165) is 5.57 Å². The Bertz CT molecular complexity index is 629. The molecule has 1 heterocycles. The Morgan fingerprint density at radius 3 is 2.45 bits per heavy atom. The molecule has 0 bridgehead atoms. The van der Waals surface area contributed by atoms with Crippen LogP contribution in [0.2, 0.25) is 0 Å². The van der Waals surface area contributed by atoms with E-state index in [1.54, 1.807) is 0 Å². The third-order valence-corrected chi connectivity index (χ3v) is 8.76. The van der Waals surface area contributed by atoms with E-state index in [1.807, 2.05) is 27.7 Å². The van der Waals surface area contributed by atoms with Gasteiger partial charge in [0.1, 0.15) is 11.0 Å². The van der Waals surface area contributed by atoms with Gasteiger partial charge in [0.05, 0.1) is 22.8 Å². The molecule has 4 rings (SSSR count). The largest absolute Gasteiger partial charge is 0.349 e. The molecule has 3 nitrogen and oxygen atoms in total. The van der Waals surface area contributed by atoms with Gasteiger partial charge < -0.3 is 9.47 Å². The highest BCUT2D eigenvalue weighted by atomic mass is 35.5. The summed E-state index contributed by atoms with van der Waals surface area (Å²) >= 11 is 13.2. The minimum absolute atomic E-state index is 0.140. The third kappa shape index (κ3) is 1.11. The van der Waals surface area contributed by atoms with Crippen LogP contribution in [0.5, 0.6) is 0 Å². The number of hydrogen-bond acceptors (Lipinski definition) is 3. The maximum atomic E-state index is 13.6. The minimum Gasteiger partial charge on any atom is -0.349 e. The van der Waals surface area contributed by atoms with E-state index in [4.69, 9.17) is 32.7 Å². The van der Waals surface area contributed by atoms with Crippen molar-refractivity contribution >= 4 is 29.0 Å². The monoisotopic (exact) mass is 344 g/mol. The van der Waals surface area contributed by atoms with Gasteiger partial charge >= 0.3 is 0 Å². The number of carbonyl (C=O) groups excluding carboxylic acids is 1. The average Bonchev–Trinajstić information content (AvgIpc) is 2.81. The Balaban J connectivity index is 2.02. The van der Waals surface area contributed by atoms with E-state index in [0.29, 0.717) is 13.0 Å². The lowest BCUT2D eigenvalue weighted by Crippen LogP contribution is -2.73. The highest BCUT2D eigenvalue weighted by Crippen LogP contribution is 2.81. The van der Waals surface area contributed by atoms with Crippen molar-refractivity contribution in [3.05, 3.63) is 11.6 Å². The molecule has 0 radical (unpaired) electrons. The first-order chi connectivity index (χ1) is 10.0. The zero-order valence-corrected chi connectivity index (χ0v) is 15.1. The fourth-order valence-electron chi connectivity index (χ4n) is 5.75. The summed E-state index contributed by atoms with van der Waals surface area (Å²) in [5.41, 5.74) is -1.54.